The normalized spacial score (nSPS) is 18.7. The van der Waals surface area contributed by atoms with Crippen molar-refractivity contribution in [2.75, 3.05) is 5.32 Å². The highest BCUT2D eigenvalue weighted by atomic mass is 32.1. The number of aliphatic carboxylic acids is 1. The molecular weight excluding hydrogens is 414 g/mol. The number of allylic oxidation sites excluding steroid dienone is 2. The first-order valence-corrected chi connectivity index (χ1v) is 11.1. The number of carbonyl (C=O) groups excluding carboxylic acids is 2. The molecule has 0 saturated heterocycles. The molecule has 31 heavy (non-hydrogen) atoms. The Kier molecular flexibility index (Phi) is 6.95. The van der Waals surface area contributed by atoms with Gasteiger partial charge in [0.05, 0.1) is 17.9 Å². The summed E-state index contributed by atoms with van der Waals surface area (Å²) in [4.78, 5) is 37.8. The molecule has 2 N–H and O–H groups in total. The van der Waals surface area contributed by atoms with Crippen LogP contribution in [0, 0.1) is 11.8 Å². The molecule has 0 saturated carbocycles. The lowest BCUT2D eigenvalue weighted by molar-refractivity contribution is -0.146. The van der Waals surface area contributed by atoms with Gasteiger partial charge in [0.15, 0.2) is 0 Å². The molecule has 1 aliphatic carbocycles. The number of benzene rings is 1. The minimum atomic E-state index is -0.984. The van der Waals surface area contributed by atoms with Crippen molar-refractivity contribution in [1.82, 2.24) is 0 Å². The number of carbonyl (C=O) groups is 3. The monoisotopic (exact) mass is 441 g/mol. The molecule has 7 heteroatoms. The number of esters is 1. The maximum atomic E-state index is 13.1. The molecule has 1 aliphatic rings. The SMILES string of the molecule is CC1=C(C)C[C@@H](C(=O)Nc2scc(-c3ccccc3)c2C(=O)OC(C)C)[C@@H](C(=O)O)C1. The summed E-state index contributed by atoms with van der Waals surface area (Å²) in [6.07, 6.45) is 0.420. The van der Waals surface area contributed by atoms with E-state index >= 15 is 0 Å². The number of anilines is 1. The van der Waals surface area contributed by atoms with Crippen LogP contribution in [0.4, 0.5) is 5.00 Å². The minimum absolute atomic E-state index is 0.296. The van der Waals surface area contributed by atoms with Crippen LogP contribution in [-0.2, 0) is 14.3 Å². The molecule has 1 aromatic heterocycles. The highest BCUT2D eigenvalue weighted by Gasteiger charge is 2.38. The summed E-state index contributed by atoms with van der Waals surface area (Å²) in [5, 5.41) is 14.7. The zero-order chi connectivity index (χ0) is 22.7. The lowest BCUT2D eigenvalue weighted by Crippen LogP contribution is -2.36. The van der Waals surface area contributed by atoms with E-state index in [-0.39, 0.29) is 12.0 Å². The quantitative estimate of drug-likeness (QED) is 0.465. The van der Waals surface area contributed by atoms with Crippen LogP contribution < -0.4 is 5.32 Å². The lowest BCUT2D eigenvalue weighted by atomic mass is 9.76. The first-order valence-electron chi connectivity index (χ1n) is 10.3. The summed E-state index contributed by atoms with van der Waals surface area (Å²) in [7, 11) is 0. The molecule has 1 amide bonds. The zero-order valence-corrected chi connectivity index (χ0v) is 18.9. The van der Waals surface area contributed by atoms with Crippen LogP contribution >= 0.6 is 11.3 Å². The molecule has 1 heterocycles. The van der Waals surface area contributed by atoms with Crippen LogP contribution in [0.25, 0.3) is 11.1 Å². The van der Waals surface area contributed by atoms with Crippen molar-refractivity contribution in [3.8, 4) is 11.1 Å². The average molecular weight is 442 g/mol. The van der Waals surface area contributed by atoms with Crippen molar-refractivity contribution >= 4 is 34.2 Å². The third-order valence-electron chi connectivity index (χ3n) is 5.58. The van der Waals surface area contributed by atoms with Crippen molar-refractivity contribution in [2.24, 2.45) is 11.8 Å². The van der Waals surface area contributed by atoms with Gasteiger partial charge in [-0.1, -0.05) is 41.5 Å². The molecule has 0 aliphatic heterocycles. The lowest BCUT2D eigenvalue weighted by Gasteiger charge is -2.29. The van der Waals surface area contributed by atoms with Gasteiger partial charge in [-0.3, -0.25) is 9.59 Å². The van der Waals surface area contributed by atoms with E-state index < -0.39 is 23.8 Å². The van der Waals surface area contributed by atoms with Crippen LogP contribution in [0.3, 0.4) is 0 Å². The summed E-state index contributed by atoms with van der Waals surface area (Å²) in [6, 6.07) is 9.41. The number of hydrogen-bond acceptors (Lipinski definition) is 5. The van der Waals surface area contributed by atoms with Crippen molar-refractivity contribution in [1.29, 1.82) is 0 Å². The third kappa shape index (κ3) is 5.05. The smallest absolute Gasteiger partial charge is 0.342 e. The molecule has 0 fully saturated rings. The Morgan fingerprint density at radius 1 is 1.06 bits per heavy atom. The van der Waals surface area contributed by atoms with Crippen LogP contribution in [-0.4, -0.2) is 29.1 Å². The van der Waals surface area contributed by atoms with Crippen LogP contribution in [0.2, 0.25) is 0 Å². The van der Waals surface area contributed by atoms with Gasteiger partial charge in [0, 0.05) is 10.9 Å². The van der Waals surface area contributed by atoms with Gasteiger partial charge in [-0.15, -0.1) is 11.3 Å². The predicted octanol–water partition coefficient (Wildman–Crippen LogP) is 5.37. The molecule has 3 rings (SSSR count). The second-order valence-corrected chi connectivity index (χ2v) is 9.06. The molecule has 2 aromatic rings. The van der Waals surface area contributed by atoms with E-state index in [1.807, 2.05) is 49.6 Å². The maximum absolute atomic E-state index is 13.1. The van der Waals surface area contributed by atoms with Gasteiger partial charge in [0.25, 0.3) is 0 Å². The van der Waals surface area contributed by atoms with Crippen molar-refractivity contribution in [3.63, 3.8) is 0 Å². The molecular formula is C24H27NO5S. The van der Waals surface area contributed by atoms with Gasteiger partial charge in [0.1, 0.15) is 10.6 Å². The van der Waals surface area contributed by atoms with E-state index in [9.17, 15) is 19.5 Å². The molecule has 0 bridgehead atoms. The Balaban J connectivity index is 1.95. The predicted molar refractivity (Wildman–Crippen MR) is 121 cm³/mol. The number of ether oxygens (including phenoxy) is 1. The summed E-state index contributed by atoms with van der Waals surface area (Å²) < 4.78 is 5.43. The van der Waals surface area contributed by atoms with Crippen LogP contribution in [0.15, 0.2) is 46.9 Å². The summed E-state index contributed by atoms with van der Waals surface area (Å²) >= 11 is 1.24. The minimum Gasteiger partial charge on any atom is -0.481 e. The Labute approximate surface area is 185 Å². The highest BCUT2D eigenvalue weighted by molar-refractivity contribution is 7.15. The molecule has 164 valence electrons. The number of nitrogens with one attached hydrogen (secondary N) is 1. The van der Waals surface area contributed by atoms with Crippen molar-refractivity contribution < 1.29 is 24.2 Å². The molecule has 0 radical (unpaired) electrons. The second kappa shape index (κ2) is 9.47. The third-order valence-corrected chi connectivity index (χ3v) is 6.48. The molecule has 1 aromatic carbocycles. The summed E-state index contributed by atoms with van der Waals surface area (Å²) in [5.41, 5.74) is 3.86. The van der Waals surface area contributed by atoms with E-state index in [0.717, 1.165) is 16.7 Å². The summed E-state index contributed by atoms with van der Waals surface area (Å²) in [5.74, 6) is -3.38. The van der Waals surface area contributed by atoms with Crippen molar-refractivity contribution in [2.45, 2.75) is 46.6 Å². The Bertz CT molecular complexity index is 1020. The van der Waals surface area contributed by atoms with Crippen LogP contribution in [0.1, 0.15) is 50.9 Å². The molecule has 0 unspecified atom stereocenters. The zero-order valence-electron chi connectivity index (χ0n) is 18.1. The second-order valence-electron chi connectivity index (χ2n) is 8.18. The topological polar surface area (TPSA) is 92.7 Å². The van der Waals surface area contributed by atoms with E-state index in [4.69, 9.17) is 4.74 Å². The number of carboxylic acids is 1. The number of rotatable bonds is 6. The van der Waals surface area contributed by atoms with Crippen LogP contribution in [0.5, 0.6) is 0 Å². The van der Waals surface area contributed by atoms with Crippen molar-refractivity contribution in [3.05, 3.63) is 52.4 Å². The number of hydrogen-bond donors (Lipinski definition) is 2. The Morgan fingerprint density at radius 2 is 1.68 bits per heavy atom. The first-order chi connectivity index (χ1) is 14.7. The van der Waals surface area contributed by atoms with E-state index in [1.165, 1.54) is 11.3 Å². The number of carboxylic acid groups (broad SMARTS) is 1. The van der Waals surface area contributed by atoms with Gasteiger partial charge >= 0.3 is 11.9 Å². The van der Waals surface area contributed by atoms with Gasteiger partial charge in [-0.2, -0.15) is 0 Å². The number of amides is 1. The van der Waals surface area contributed by atoms with E-state index in [0.29, 0.717) is 29.0 Å². The maximum Gasteiger partial charge on any atom is 0.342 e. The average Bonchev–Trinajstić information content (AvgIpc) is 3.13. The van der Waals surface area contributed by atoms with E-state index in [1.54, 1.807) is 13.8 Å². The fourth-order valence-electron chi connectivity index (χ4n) is 3.79. The Morgan fingerprint density at radius 3 is 2.26 bits per heavy atom. The first kappa shape index (κ1) is 22.7. The fourth-order valence-corrected chi connectivity index (χ4v) is 4.75. The molecule has 0 spiro atoms. The largest absolute Gasteiger partial charge is 0.481 e. The summed E-state index contributed by atoms with van der Waals surface area (Å²) in [6.45, 7) is 7.37. The van der Waals surface area contributed by atoms with Gasteiger partial charge in [-0.25, -0.2) is 4.79 Å². The van der Waals surface area contributed by atoms with E-state index in [2.05, 4.69) is 5.32 Å². The van der Waals surface area contributed by atoms with Gasteiger partial charge in [-0.05, 0) is 46.1 Å². The van der Waals surface area contributed by atoms with Gasteiger partial charge in [0.2, 0.25) is 5.91 Å². The highest BCUT2D eigenvalue weighted by Crippen LogP contribution is 2.39. The number of thiophene rings is 1. The van der Waals surface area contributed by atoms with Gasteiger partial charge < -0.3 is 15.2 Å². The standard InChI is InChI=1S/C24H27NO5S/c1-13(2)30-24(29)20-19(16-8-6-5-7-9-16)12-31-22(20)25-21(26)17-10-14(3)15(4)11-18(17)23(27)28/h5-9,12-13,17-18H,10-11H2,1-4H3,(H,25,26)(H,27,28)/t17-,18+/m1/s1. The fraction of sp³-hybridized carbons (Fsp3) is 0.375. The molecule has 2 atom stereocenters. The molecule has 6 nitrogen and oxygen atoms in total. The Hall–Kier alpha value is -2.93.